The van der Waals surface area contributed by atoms with E-state index >= 15 is 0 Å². The Kier molecular flexibility index (Phi) is 4.03. The van der Waals surface area contributed by atoms with Crippen LogP contribution in [0.25, 0.3) is 0 Å². The Bertz CT molecular complexity index is 582. The maximum absolute atomic E-state index is 13.2. The molecule has 4 nitrogen and oxygen atoms in total. The normalized spacial score (nSPS) is 10.6. The fourth-order valence-electron chi connectivity index (χ4n) is 1.30. The summed E-state index contributed by atoms with van der Waals surface area (Å²) in [4.78, 5) is 15.8. The van der Waals surface area contributed by atoms with Crippen molar-refractivity contribution in [2.75, 3.05) is 5.94 Å². The quantitative estimate of drug-likeness (QED) is 0.648. The Morgan fingerprint density at radius 1 is 1.33 bits per heavy atom. The van der Waals surface area contributed by atoms with Gasteiger partial charge in [-0.1, -0.05) is 0 Å². The van der Waals surface area contributed by atoms with Crippen molar-refractivity contribution in [2.24, 2.45) is 0 Å². The van der Waals surface area contributed by atoms with E-state index < -0.39 is 11.6 Å². The van der Waals surface area contributed by atoms with Gasteiger partial charge in [0.1, 0.15) is 11.8 Å². The lowest BCUT2D eigenvalue weighted by Crippen LogP contribution is -2.01. The van der Waals surface area contributed by atoms with E-state index in [-0.39, 0.29) is 17.4 Å². The van der Waals surface area contributed by atoms with Crippen LogP contribution in [0.2, 0.25) is 0 Å². The molecule has 2 rings (SSSR count). The predicted molar refractivity (Wildman–Crippen MR) is 64.6 cm³/mol. The summed E-state index contributed by atoms with van der Waals surface area (Å²) in [6, 6.07) is 3.14. The van der Waals surface area contributed by atoms with Crippen LogP contribution in [0.1, 0.15) is 5.69 Å². The van der Waals surface area contributed by atoms with Gasteiger partial charge in [-0.05, 0) is 12.1 Å². The molecule has 0 radical (unpaired) electrons. The fourth-order valence-corrected chi connectivity index (χ4v) is 1.97. The molecule has 0 atom stereocenters. The highest BCUT2D eigenvalue weighted by molar-refractivity contribution is 7.98. The molecule has 0 aliphatic carbocycles. The van der Waals surface area contributed by atoms with E-state index in [1.807, 2.05) is 0 Å². The summed E-state index contributed by atoms with van der Waals surface area (Å²) >= 11 is 1.35. The topological polar surface area (TPSA) is 57.9 Å². The zero-order valence-corrected chi connectivity index (χ0v) is 10.0. The van der Waals surface area contributed by atoms with Crippen LogP contribution in [0.3, 0.4) is 0 Å². The summed E-state index contributed by atoms with van der Waals surface area (Å²) in [6.45, 7) is 0. The van der Waals surface area contributed by atoms with Crippen LogP contribution in [-0.4, -0.2) is 15.9 Å². The van der Waals surface area contributed by atoms with Crippen LogP contribution < -0.4 is 10.4 Å². The highest BCUT2D eigenvalue weighted by Gasteiger charge is 2.04. The number of benzene rings is 1. The number of imidazole rings is 1. The minimum atomic E-state index is -0.731. The maximum Gasteiger partial charge on any atom is 0.323 e. The zero-order chi connectivity index (χ0) is 13.0. The van der Waals surface area contributed by atoms with E-state index in [0.717, 1.165) is 17.8 Å². The van der Waals surface area contributed by atoms with Gasteiger partial charge < -0.3 is 14.7 Å². The van der Waals surface area contributed by atoms with Crippen LogP contribution in [0.4, 0.5) is 8.78 Å². The molecule has 2 N–H and O–H groups in total. The number of thioether (sulfide) groups is 1. The first-order chi connectivity index (χ1) is 8.65. The summed E-state index contributed by atoms with van der Waals surface area (Å²) in [5.41, 5.74) is 0.462. The highest BCUT2D eigenvalue weighted by atomic mass is 32.2. The molecular weight excluding hydrogens is 262 g/mol. The molecule has 0 saturated heterocycles. The second-order valence-electron chi connectivity index (χ2n) is 3.45. The summed E-state index contributed by atoms with van der Waals surface area (Å²) < 4.78 is 30.9. The van der Waals surface area contributed by atoms with E-state index in [2.05, 4.69) is 9.97 Å². The van der Waals surface area contributed by atoms with Gasteiger partial charge in [-0.2, -0.15) is 0 Å². The highest BCUT2D eigenvalue weighted by Crippen LogP contribution is 2.19. The average molecular weight is 272 g/mol. The number of ether oxygens (including phenoxy) is 1. The Morgan fingerprint density at radius 3 is 2.83 bits per heavy atom. The van der Waals surface area contributed by atoms with Crippen LogP contribution in [0.5, 0.6) is 5.75 Å². The number of hydrogen-bond acceptors (Lipinski definition) is 3. The smallest absolute Gasteiger partial charge is 0.323 e. The van der Waals surface area contributed by atoms with Crippen molar-refractivity contribution in [2.45, 2.75) is 5.75 Å². The molecule has 96 valence electrons. The predicted octanol–water partition coefficient (Wildman–Crippen LogP) is 2.25. The third-order valence-corrected chi connectivity index (χ3v) is 2.90. The summed E-state index contributed by atoms with van der Waals surface area (Å²) in [5.74, 6) is -0.633. The van der Waals surface area contributed by atoms with Crippen molar-refractivity contribution in [3.63, 3.8) is 0 Å². The molecule has 0 fully saturated rings. The molecule has 0 aliphatic rings. The first kappa shape index (κ1) is 12.7. The van der Waals surface area contributed by atoms with Gasteiger partial charge in [0.05, 0.1) is 0 Å². The molecule has 1 aromatic carbocycles. The molecule has 0 saturated carbocycles. The van der Waals surface area contributed by atoms with E-state index in [1.54, 1.807) is 6.20 Å². The lowest BCUT2D eigenvalue weighted by Gasteiger charge is -2.06. The zero-order valence-electron chi connectivity index (χ0n) is 9.20. The van der Waals surface area contributed by atoms with Crippen LogP contribution in [0, 0.1) is 11.6 Å². The van der Waals surface area contributed by atoms with Crippen LogP contribution in [0.15, 0.2) is 29.2 Å². The number of halogens is 2. The SMILES string of the molecule is O=c1[nH]cc(CSCOc2ccc(F)cc2F)[nH]1. The van der Waals surface area contributed by atoms with E-state index in [1.165, 1.54) is 17.8 Å². The number of H-pyrrole nitrogens is 2. The van der Waals surface area contributed by atoms with Crippen LogP contribution >= 0.6 is 11.8 Å². The summed E-state index contributed by atoms with van der Waals surface area (Å²) in [5, 5.41) is 0. The van der Waals surface area contributed by atoms with Crippen molar-refractivity contribution in [1.82, 2.24) is 9.97 Å². The first-order valence-electron chi connectivity index (χ1n) is 5.07. The molecule has 1 heterocycles. The van der Waals surface area contributed by atoms with Gasteiger partial charge in [0.2, 0.25) is 0 Å². The molecule has 0 aliphatic heterocycles. The molecule has 0 bridgehead atoms. The third-order valence-electron chi connectivity index (χ3n) is 2.10. The Labute approximate surface area is 105 Å². The number of nitrogens with one attached hydrogen (secondary N) is 2. The van der Waals surface area contributed by atoms with Gasteiger partial charge in [0, 0.05) is 23.7 Å². The summed E-state index contributed by atoms with van der Waals surface area (Å²) in [7, 11) is 0. The number of rotatable bonds is 5. The molecule has 0 unspecified atom stereocenters. The Morgan fingerprint density at radius 2 is 2.17 bits per heavy atom. The van der Waals surface area contributed by atoms with Crippen molar-refractivity contribution < 1.29 is 13.5 Å². The fraction of sp³-hybridized carbons (Fsp3) is 0.182. The lowest BCUT2D eigenvalue weighted by molar-refractivity contribution is 0.365. The molecule has 2 aromatic rings. The number of aromatic amines is 2. The molecular formula is C11H10F2N2O2S. The van der Waals surface area contributed by atoms with Crippen molar-refractivity contribution in [1.29, 1.82) is 0 Å². The van der Waals surface area contributed by atoms with E-state index in [0.29, 0.717) is 5.75 Å². The van der Waals surface area contributed by atoms with Crippen molar-refractivity contribution in [3.05, 3.63) is 52.2 Å². The van der Waals surface area contributed by atoms with Gasteiger partial charge in [0.15, 0.2) is 11.6 Å². The van der Waals surface area contributed by atoms with Crippen molar-refractivity contribution in [3.8, 4) is 5.75 Å². The van der Waals surface area contributed by atoms with E-state index in [4.69, 9.17) is 4.74 Å². The second kappa shape index (κ2) is 5.72. The standard InChI is InChI=1S/C11H10F2N2O2S/c12-7-1-2-10(9(13)3-7)17-6-18-5-8-4-14-11(16)15-8/h1-4H,5-6H2,(H2,14,15,16). The first-order valence-corrected chi connectivity index (χ1v) is 6.23. The van der Waals surface area contributed by atoms with Crippen molar-refractivity contribution >= 4 is 11.8 Å². The average Bonchev–Trinajstić information content (AvgIpc) is 2.73. The third kappa shape index (κ3) is 3.36. The van der Waals surface area contributed by atoms with Crippen LogP contribution in [-0.2, 0) is 5.75 Å². The van der Waals surface area contributed by atoms with Gasteiger partial charge >= 0.3 is 5.69 Å². The Hall–Kier alpha value is -1.76. The lowest BCUT2D eigenvalue weighted by atomic mass is 10.3. The van der Waals surface area contributed by atoms with Gasteiger partial charge in [-0.3, -0.25) is 0 Å². The largest absolute Gasteiger partial charge is 0.480 e. The Balaban J connectivity index is 1.80. The number of hydrogen-bond donors (Lipinski definition) is 2. The maximum atomic E-state index is 13.2. The minimum Gasteiger partial charge on any atom is -0.480 e. The van der Waals surface area contributed by atoms with Gasteiger partial charge in [0.25, 0.3) is 0 Å². The molecule has 1 aromatic heterocycles. The molecule has 7 heteroatoms. The number of aromatic nitrogens is 2. The van der Waals surface area contributed by atoms with E-state index in [9.17, 15) is 13.6 Å². The van der Waals surface area contributed by atoms with Gasteiger partial charge in [-0.15, -0.1) is 11.8 Å². The monoisotopic (exact) mass is 272 g/mol. The minimum absolute atomic E-state index is 0.00598. The molecule has 0 spiro atoms. The van der Waals surface area contributed by atoms with Gasteiger partial charge in [-0.25, -0.2) is 13.6 Å². The summed E-state index contributed by atoms with van der Waals surface area (Å²) in [6.07, 6.45) is 1.56. The molecule has 18 heavy (non-hydrogen) atoms. The second-order valence-corrected chi connectivity index (χ2v) is 4.39. The molecule has 0 amide bonds.